The Labute approximate surface area is 224 Å². The number of aliphatic hydroxyl groups is 2. The molecule has 204 valence electrons. The summed E-state index contributed by atoms with van der Waals surface area (Å²) in [6, 6.07) is 17.8. The minimum Gasteiger partial charge on any atom is -0.470 e. The van der Waals surface area contributed by atoms with Crippen molar-refractivity contribution in [2.24, 2.45) is 4.36 Å². The zero-order chi connectivity index (χ0) is 27.1. The SMILES string of the molecule is CS(=O)(=NCCO)c1ccc(-c2ccc(-c3nc4cc(O[C@@H]5CO[C@H]6[C@@H]5OC[C@H]6O)[nH]c4cc3F)cc2)cc1. The number of aliphatic hydroxyl groups excluding tert-OH is 2. The Morgan fingerprint density at radius 2 is 1.72 bits per heavy atom. The molecule has 2 aromatic carbocycles. The summed E-state index contributed by atoms with van der Waals surface area (Å²) < 4.78 is 49.1. The Kier molecular flexibility index (Phi) is 6.86. The summed E-state index contributed by atoms with van der Waals surface area (Å²) >= 11 is 0. The smallest absolute Gasteiger partial charge is 0.193 e. The summed E-state index contributed by atoms with van der Waals surface area (Å²) in [5, 5.41) is 18.9. The first-order valence-electron chi connectivity index (χ1n) is 12.6. The van der Waals surface area contributed by atoms with Crippen LogP contribution in [-0.4, -0.2) is 81.4 Å². The fourth-order valence-corrected chi connectivity index (χ4v) is 6.21. The van der Waals surface area contributed by atoms with Crippen molar-refractivity contribution in [3.05, 3.63) is 66.5 Å². The van der Waals surface area contributed by atoms with Crippen LogP contribution in [0.1, 0.15) is 0 Å². The molecule has 0 saturated carbocycles. The van der Waals surface area contributed by atoms with E-state index in [9.17, 15) is 9.32 Å². The number of nitrogens with zero attached hydrogens (tertiary/aromatic N) is 2. The van der Waals surface area contributed by atoms with E-state index in [1.165, 1.54) is 6.07 Å². The van der Waals surface area contributed by atoms with Gasteiger partial charge in [-0.25, -0.2) is 17.9 Å². The van der Waals surface area contributed by atoms with E-state index in [4.69, 9.17) is 19.3 Å². The van der Waals surface area contributed by atoms with E-state index in [1.54, 1.807) is 24.5 Å². The first-order valence-corrected chi connectivity index (χ1v) is 14.5. The topological polar surface area (TPSA) is 126 Å². The molecule has 0 amide bonds. The van der Waals surface area contributed by atoms with Gasteiger partial charge in [-0.2, -0.15) is 0 Å². The van der Waals surface area contributed by atoms with Gasteiger partial charge in [0.25, 0.3) is 0 Å². The normalized spacial score (nSPS) is 24.0. The lowest BCUT2D eigenvalue weighted by Gasteiger charge is -2.16. The molecule has 2 aliphatic rings. The molecule has 4 heterocycles. The standard InChI is InChI=1S/C28H28FN3O6S/c1-39(35,30-10-11-33)19-8-6-17(7-9-19)16-2-4-18(5-3-16)26-20(29)12-21-22(32-26)13-25(31-21)38-24-15-37-27-23(34)14-36-28(24)27/h2-9,12-13,23-24,27-28,31,33-34H,10-11,14-15H2,1H3/t23-,24-,27-,28-,39?/m1/s1. The fourth-order valence-electron chi connectivity index (χ4n) is 4.99. The summed E-state index contributed by atoms with van der Waals surface area (Å²) in [5.74, 6) is -0.0453. The van der Waals surface area contributed by atoms with Crippen molar-refractivity contribution < 1.29 is 33.0 Å². The van der Waals surface area contributed by atoms with Crippen LogP contribution in [0.2, 0.25) is 0 Å². The van der Waals surface area contributed by atoms with Crippen LogP contribution in [0.5, 0.6) is 5.88 Å². The van der Waals surface area contributed by atoms with Gasteiger partial charge in [0.05, 0.1) is 47.1 Å². The second-order valence-electron chi connectivity index (χ2n) is 9.69. The molecule has 2 aromatic heterocycles. The summed E-state index contributed by atoms with van der Waals surface area (Å²) in [6.45, 7) is 0.488. The molecule has 1 unspecified atom stereocenters. The number of hydrogen-bond donors (Lipinski definition) is 3. The van der Waals surface area contributed by atoms with Crippen molar-refractivity contribution in [3.8, 4) is 28.3 Å². The number of pyridine rings is 1. The second kappa shape index (κ2) is 10.3. The molecular weight excluding hydrogens is 525 g/mol. The van der Waals surface area contributed by atoms with E-state index < -0.39 is 27.8 Å². The van der Waals surface area contributed by atoms with E-state index in [-0.39, 0.29) is 37.7 Å². The van der Waals surface area contributed by atoms with Gasteiger partial charge in [-0.15, -0.1) is 0 Å². The number of aromatic nitrogens is 2. The van der Waals surface area contributed by atoms with Crippen LogP contribution in [0.4, 0.5) is 4.39 Å². The van der Waals surface area contributed by atoms with Crippen LogP contribution in [0.3, 0.4) is 0 Å². The minimum absolute atomic E-state index is 0.127. The fraction of sp³-hybridized carbons (Fsp3) is 0.321. The molecule has 2 saturated heterocycles. The molecule has 0 radical (unpaired) electrons. The predicted octanol–water partition coefficient (Wildman–Crippen LogP) is 3.39. The van der Waals surface area contributed by atoms with Gasteiger partial charge in [0.2, 0.25) is 0 Å². The number of nitrogens with one attached hydrogen (secondary N) is 1. The third kappa shape index (κ3) is 5.04. The number of H-pyrrole nitrogens is 1. The monoisotopic (exact) mass is 553 g/mol. The van der Waals surface area contributed by atoms with Gasteiger partial charge < -0.3 is 29.4 Å². The van der Waals surface area contributed by atoms with Crippen molar-refractivity contribution in [3.63, 3.8) is 0 Å². The van der Waals surface area contributed by atoms with Gasteiger partial charge in [-0.3, -0.25) is 0 Å². The minimum atomic E-state index is -2.57. The number of aromatic amines is 1. The number of ether oxygens (including phenoxy) is 3. The number of fused-ring (bicyclic) bond motifs is 2. The van der Waals surface area contributed by atoms with Gasteiger partial charge in [-0.1, -0.05) is 36.4 Å². The molecule has 9 nitrogen and oxygen atoms in total. The van der Waals surface area contributed by atoms with Gasteiger partial charge in [0, 0.05) is 28.8 Å². The van der Waals surface area contributed by atoms with Gasteiger partial charge in [-0.05, 0) is 23.3 Å². The highest BCUT2D eigenvalue weighted by molar-refractivity contribution is 7.93. The van der Waals surface area contributed by atoms with Crippen molar-refractivity contribution in [2.75, 3.05) is 32.6 Å². The number of rotatable bonds is 7. The molecule has 5 atom stereocenters. The van der Waals surface area contributed by atoms with Crippen molar-refractivity contribution in [2.45, 2.75) is 29.3 Å². The number of benzene rings is 2. The summed E-state index contributed by atoms with van der Waals surface area (Å²) in [4.78, 5) is 8.18. The number of hydrogen-bond acceptors (Lipinski definition) is 8. The van der Waals surface area contributed by atoms with Crippen LogP contribution in [0, 0.1) is 5.82 Å². The summed E-state index contributed by atoms with van der Waals surface area (Å²) in [7, 11) is -2.57. The van der Waals surface area contributed by atoms with Crippen LogP contribution < -0.4 is 4.74 Å². The molecule has 2 fully saturated rings. The lowest BCUT2D eigenvalue weighted by Crippen LogP contribution is -2.34. The van der Waals surface area contributed by atoms with Gasteiger partial charge in [0.15, 0.2) is 17.8 Å². The quantitative estimate of drug-likeness (QED) is 0.320. The Morgan fingerprint density at radius 3 is 2.44 bits per heavy atom. The highest BCUT2D eigenvalue weighted by Gasteiger charge is 2.48. The molecule has 4 aromatic rings. The lowest BCUT2D eigenvalue weighted by atomic mass is 10.0. The van der Waals surface area contributed by atoms with E-state index in [0.29, 0.717) is 34.0 Å². The molecule has 0 spiro atoms. The molecule has 2 aliphatic heterocycles. The molecular formula is C28H28FN3O6S. The molecule has 3 N–H and O–H groups in total. The zero-order valence-corrected chi connectivity index (χ0v) is 21.9. The van der Waals surface area contributed by atoms with Gasteiger partial charge >= 0.3 is 0 Å². The average Bonchev–Trinajstić information content (AvgIpc) is 3.63. The Bertz CT molecular complexity index is 1620. The predicted molar refractivity (Wildman–Crippen MR) is 144 cm³/mol. The largest absolute Gasteiger partial charge is 0.470 e. The molecule has 6 rings (SSSR count). The Morgan fingerprint density at radius 1 is 1.05 bits per heavy atom. The van der Waals surface area contributed by atoms with Crippen LogP contribution in [-0.2, 0) is 19.2 Å². The Hall–Kier alpha value is -3.35. The lowest BCUT2D eigenvalue weighted by molar-refractivity contribution is 0.00794. The molecule has 39 heavy (non-hydrogen) atoms. The van der Waals surface area contributed by atoms with E-state index in [0.717, 1.165) is 11.1 Å². The van der Waals surface area contributed by atoms with Crippen molar-refractivity contribution in [1.82, 2.24) is 9.97 Å². The van der Waals surface area contributed by atoms with Crippen LogP contribution in [0.15, 0.2) is 69.9 Å². The van der Waals surface area contributed by atoms with Gasteiger partial charge in [0.1, 0.15) is 24.0 Å². The Balaban J connectivity index is 1.20. The molecule has 11 heteroatoms. The maximum atomic E-state index is 15.1. The third-order valence-corrected chi connectivity index (χ3v) is 8.83. The highest BCUT2D eigenvalue weighted by atomic mass is 32.2. The summed E-state index contributed by atoms with van der Waals surface area (Å²) in [6.07, 6.45) is -0.247. The highest BCUT2D eigenvalue weighted by Crippen LogP contribution is 2.32. The van der Waals surface area contributed by atoms with E-state index >= 15 is 4.39 Å². The maximum absolute atomic E-state index is 15.1. The van der Waals surface area contributed by atoms with E-state index in [2.05, 4.69) is 14.3 Å². The first kappa shape index (κ1) is 25.9. The van der Waals surface area contributed by atoms with E-state index in [1.807, 2.05) is 36.4 Å². The second-order valence-corrected chi connectivity index (χ2v) is 12.0. The average molecular weight is 554 g/mol. The third-order valence-electron chi connectivity index (χ3n) is 7.01. The van der Waals surface area contributed by atoms with Crippen LogP contribution >= 0.6 is 0 Å². The van der Waals surface area contributed by atoms with Crippen LogP contribution in [0.25, 0.3) is 33.4 Å². The maximum Gasteiger partial charge on any atom is 0.193 e. The first-order chi connectivity index (χ1) is 18.8. The van der Waals surface area contributed by atoms with Crippen molar-refractivity contribution in [1.29, 1.82) is 0 Å². The van der Waals surface area contributed by atoms with Crippen molar-refractivity contribution >= 4 is 20.8 Å². The summed E-state index contributed by atoms with van der Waals surface area (Å²) in [5.41, 5.74) is 3.73. The number of halogens is 1. The zero-order valence-electron chi connectivity index (χ0n) is 21.1. The molecule has 0 aliphatic carbocycles. The molecule has 0 bridgehead atoms.